The summed E-state index contributed by atoms with van der Waals surface area (Å²) in [5.74, 6) is 1.97. The maximum absolute atomic E-state index is 5.34. The smallest absolute Gasteiger partial charge is 0.165 e. The first-order valence-electron chi connectivity index (χ1n) is 19.0. The number of nitrogens with zero attached hydrogens (tertiary/aromatic N) is 4. The van der Waals surface area contributed by atoms with E-state index in [2.05, 4.69) is 187 Å². The Morgan fingerprint density at radius 3 is 1.84 bits per heavy atom. The van der Waals surface area contributed by atoms with E-state index in [4.69, 9.17) is 15.0 Å². The SMILES string of the molecule is c1ccc(-c2ccc3c4ccccc4n(-c4cccc(-c5nc(-c6cccc7c6sc6ccccc67)nc(-c6cccc7sc8ccccc8c67)n5)c4)c3c2)cc1. The van der Waals surface area contributed by atoms with Gasteiger partial charge in [0, 0.05) is 73.5 Å². The van der Waals surface area contributed by atoms with Gasteiger partial charge in [-0.25, -0.2) is 15.0 Å². The monoisotopic (exact) mass is 762 g/mol. The van der Waals surface area contributed by atoms with Gasteiger partial charge in [-0.1, -0.05) is 133 Å². The van der Waals surface area contributed by atoms with Crippen molar-refractivity contribution in [2.24, 2.45) is 0 Å². The van der Waals surface area contributed by atoms with Gasteiger partial charge in [-0.3, -0.25) is 0 Å². The first-order valence-corrected chi connectivity index (χ1v) is 20.7. The number of aromatic nitrogens is 4. The van der Waals surface area contributed by atoms with Gasteiger partial charge in [-0.15, -0.1) is 22.7 Å². The number of fused-ring (bicyclic) bond motifs is 9. The van der Waals surface area contributed by atoms with E-state index in [1.165, 1.54) is 62.2 Å². The summed E-state index contributed by atoms with van der Waals surface area (Å²) in [6.07, 6.45) is 0. The van der Waals surface area contributed by atoms with Crippen LogP contribution in [0.5, 0.6) is 0 Å². The molecule has 0 aliphatic carbocycles. The molecule has 0 fully saturated rings. The molecule has 0 saturated carbocycles. The van der Waals surface area contributed by atoms with E-state index in [-0.39, 0.29) is 0 Å². The molecule has 12 rings (SSSR count). The van der Waals surface area contributed by atoms with Crippen molar-refractivity contribution in [2.75, 3.05) is 0 Å². The zero-order valence-electron chi connectivity index (χ0n) is 30.4. The molecule has 0 amide bonds. The van der Waals surface area contributed by atoms with E-state index in [9.17, 15) is 0 Å². The summed E-state index contributed by atoms with van der Waals surface area (Å²) in [6.45, 7) is 0. The molecule has 0 spiro atoms. The van der Waals surface area contributed by atoms with E-state index < -0.39 is 0 Å². The topological polar surface area (TPSA) is 43.6 Å². The summed E-state index contributed by atoms with van der Waals surface area (Å²) in [5, 5.41) is 7.28. The normalized spacial score (nSPS) is 11.9. The summed E-state index contributed by atoms with van der Waals surface area (Å²) in [5.41, 5.74) is 8.66. The van der Waals surface area contributed by atoms with Crippen molar-refractivity contribution in [2.45, 2.75) is 0 Å². The lowest BCUT2D eigenvalue weighted by atomic mass is 10.0. The highest BCUT2D eigenvalue weighted by Crippen LogP contribution is 2.42. The van der Waals surface area contributed by atoms with Crippen LogP contribution in [-0.4, -0.2) is 19.5 Å². The molecular weight excluding hydrogens is 733 g/mol. The van der Waals surface area contributed by atoms with Gasteiger partial charge in [0.15, 0.2) is 17.5 Å². The highest BCUT2D eigenvalue weighted by molar-refractivity contribution is 7.26. The van der Waals surface area contributed by atoms with Gasteiger partial charge in [-0.2, -0.15) is 0 Å². The Bertz CT molecular complexity index is 3540. The third-order valence-corrected chi connectivity index (χ3v) is 13.4. The van der Waals surface area contributed by atoms with Gasteiger partial charge in [0.25, 0.3) is 0 Å². The van der Waals surface area contributed by atoms with Crippen molar-refractivity contribution in [3.05, 3.63) is 182 Å². The molecule has 4 nitrogen and oxygen atoms in total. The quantitative estimate of drug-likeness (QED) is 0.175. The molecule has 12 aromatic rings. The Labute approximate surface area is 335 Å². The fourth-order valence-corrected chi connectivity index (χ4v) is 10.8. The van der Waals surface area contributed by atoms with Crippen LogP contribution in [0.3, 0.4) is 0 Å². The fourth-order valence-electron chi connectivity index (χ4n) is 8.47. The second-order valence-corrected chi connectivity index (χ2v) is 16.5. The average molecular weight is 763 g/mol. The Kier molecular flexibility index (Phi) is 7.24. The van der Waals surface area contributed by atoms with Crippen molar-refractivity contribution in [1.82, 2.24) is 19.5 Å². The van der Waals surface area contributed by atoms with Crippen molar-refractivity contribution >= 4 is 84.8 Å². The molecule has 0 bridgehead atoms. The number of hydrogen-bond donors (Lipinski definition) is 0. The summed E-state index contributed by atoms with van der Waals surface area (Å²) in [4.78, 5) is 16.0. The molecule has 0 aliphatic heterocycles. The zero-order chi connectivity index (χ0) is 37.5. The van der Waals surface area contributed by atoms with Gasteiger partial charge in [0.2, 0.25) is 0 Å². The molecule has 0 radical (unpaired) electrons. The van der Waals surface area contributed by atoms with E-state index in [1.54, 1.807) is 22.7 Å². The van der Waals surface area contributed by atoms with Crippen LogP contribution in [0.1, 0.15) is 0 Å². The maximum Gasteiger partial charge on any atom is 0.165 e. The van der Waals surface area contributed by atoms with Crippen molar-refractivity contribution in [3.63, 3.8) is 0 Å². The van der Waals surface area contributed by atoms with E-state index in [1.807, 2.05) is 0 Å². The van der Waals surface area contributed by atoms with Crippen LogP contribution in [0, 0.1) is 0 Å². The first kappa shape index (κ1) is 32.3. The highest BCUT2D eigenvalue weighted by Gasteiger charge is 2.20. The standard InChI is InChI=1S/C51H30N4S2/c1-2-13-31(14-3-1)32-27-28-36-35-17-4-7-23-42(35)55(43(36)30-32)34-16-10-15-33(29-34)49-52-50(40-21-12-26-46-47(40)39-19-6-9-25-45(39)56-46)54-51(53-49)41-22-11-20-38-37-18-5-8-24-44(37)57-48(38)41/h1-30H. The van der Waals surface area contributed by atoms with Gasteiger partial charge in [0.05, 0.1) is 11.0 Å². The molecule has 0 unspecified atom stereocenters. The van der Waals surface area contributed by atoms with E-state index >= 15 is 0 Å². The molecule has 266 valence electrons. The highest BCUT2D eigenvalue weighted by atomic mass is 32.1. The Morgan fingerprint density at radius 1 is 0.351 bits per heavy atom. The lowest BCUT2D eigenvalue weighted by Gasteiger charge is -2.13. The van der Waals surface area contributed by atoms with Gasteiger partial charge < -0.3 is 4.57 Å². The number of para-hydroxylation sites is 1. The lowest BCUT2D eigenvalue weighted by molar-refractivity contribution is 1.08. The van der Waals surface area contributed by atoms with Gasteiger partial charge in [-0.05, 0) is 59.7 Å². The Morgan fingerprint density at radius 2 is 0.965 bits per heavy atom. The van der Waals surface area contributed by atoms with Crippen molar-refractivity contribution in [1.29, 1.82) is 0 Å². The molecule has 4 aromatic heterocycles. The third-order valence-electron chi connectivity index (χ3n) is 11.1. The largest absolute Gasteiger partial charge is 0.309 e. The minimum absolute atomic E-state index is 0.636. The second kappa shape index (κ2) is 12.8. The predicted octanol–water partition coefficient (Wildman–Crippen LogP) is 14.4. The van der Waals surface area contributed by atoms with Gasteiger partial charge in [0.1, 0.15) is 0 Å². The van der Waals surface area contributed by atoms with Crippen LogP contribution in [-0.2, 0) is 0 Å². The van der Waals surface area contributed by atoms with Crippen molar-refractivity contribution < 1.29 is 0 Å². The third kappa shape index (κ3) is 5.15. The number of benzene rings is 8. The first-order chi connectivity index (χ1) is 28.2. The fraction of sp³-hybridized carbons (Fsp3) is 0. The molecule has 0 atom stereocenters. The molecule has 0 aliphatic rings. The molecule has 0 saturated heterocycles. The molecule has 57 heavy (non-hydrogen) atoms. The minimum atomic E-state index is 0.636. The number of rotatable bonds is 5. The van der Waals surface area contributed by atoms with Crippen LogP contribution in [0.25, 0.3) is 113 Å². The lowest BCUT2D eigenvalue weighted by Crippen LogP contribution is -2.01. The average Bonchev–Trinajstić information content (AvgIpc) is 3.96. The summed E-state index contributed by atoms with van der Waals surface area (Å²) in [6, 6.07) is 64.9. The van der Waals surface area contributed by atoms with Crippen LogP contribution in [0.2, 0.25) is 0 Å². The Balaban J connectivity index is 1.10. The number of hydrogen-bond acceptors (Lipinski definition) is 5. The van der Waals surface area contributed by atoms with Gasteiger partial charge >= 0.3 is 0 Å². The summed E-state index contributed by atoms with van der Waals surface area (Å²) < 4.78 is 7.26. The second-order valence-electron chi connectivity index (χ2n) is 14.4. The van der Waals surface area contributed by atoms with Crippen LogP contribution in [0.15, 0.2) is 182 Å². The van der Waals surface area contributed by atoms with E-state index in [0.717, 1.165) is 33.4 Å². The maximum atomic E-state index is 5.34. The van der Waals surface area contributed by atoms with Crippen LogP contribution < -0.4 is 0 Å². The predicted molar refractivity (Wildman–Crippen MR) is 242 cm³/mol. The molecular formula is C51H30N4S2. The molecule has 6 heteroatoms. The zero-order valence-corrected chi connectivity index (χ0v) is 32.1. The summed E-state index contributed by atoms with van der Waals surface area (Å²) in [7, 11) is 0. The Hall–Kier alpha value is -6.99. The van der Waals surface area contributed by atoms with E-state index in [0.29, 0.717) is 17.5 Å². The molecule has 0 N–H and O–H groups in total. The van der Waals surface area contributed by atoms with Crippen molar-refractivity contribution in [3.8, 4) is 51.0 Å². The summed E-state index contributed by atoms with van der Waals surface area (Å²) >= 11 is 3.60. The number of thiophene rings is 2. The van der Waals surface area contributed by atoms with Crippen LogP contribution >= 0.6 is 22.7 Å². The minimum Gasteiger partial charge on any atom is -0.309 e. The molecule has 8 aromatic carbocycles. The molecule has 4 heterocycles. The van der Waals surface area contributed by atoms with Crippen LogP contribution in [0.4, 0.5) is 0 Å².